The summed E-state index contributed by atoms with van der Waals surface area (Å²) in [6.45, 7) is -2.88. The van der Waals surface area contributed by atoms with E-state index in [1.807, 2.05) is 16.8 Å². The average Bonchev–Trinajstić information content (AvgIpc) is 3.44. The number of aromatic nitrogens is 4. The highest BCUT2D eigenvalue weighted by molar-refractivity contribution is 5.89. The number of ether oxygens (including phenoxy) is 1. The van der Waals surface area contributed by atoms with Crippen molar-refractivity contribution in [2.45, 2.75) is 32.0 Å². The second-order valence-electron chi connectivity index (χ2n) is 6.55. The number of benzene rings is 2. The molecule has 0 radical (unpaired) electrons. The molecule has 4 rings (SSSR count). The van der Waals surface area contributed by atoms with E-state index in [4.69, 9.17) is 0 Å². The Bertz CT molecular complexity index is 988. The lowest BCUT2D eigenvalue weighted by atomic mass is 10.2. The number of hydrogen-bond donors (Lipinski definition) is 2. The maximum absolute atomic E-state index is 12.5. The Kier molecular flexibility index (Phi) is 5.32. The molecular formula is C19H18F2N6O2. The number of rotatable bonds is 7. The first-order valence-electron chi connectivity index (χ1n) is 9.06. The van der Waals surface area contributed by atoms with Gasteiger partial charge in [-0.25, -0.2) is 9.48 Å². The third-order valence-electron chi connectivity index (χ3n) is 4.41. The zero-order chi connectivity index (χ0) is 20.2. The molecule has 2 amide bonds. The van der Waals surface area contributed by atoms with Crippen molar-refractivity contribution < 1.29 is 18.3 Å². The molecule has 0 saturated heterocycles. The lowest BCUT2D eigenvalue weighted by Gasteiger charge is -2.12. The number of anilines is 1. The van der Waals surface area contributed by atoms with Crippen LogP contribution in [-0.4, -0.2) is 32.8 Å². The van der Waals surface area contributed by atoms with Crippen LogP contribution < -0.4 is 15.4 Å². The number of tetrazole rings is 1. The highest BCUT2D eigenvalue weighted by atomic mass is 19.3. The van der Waals surface area contributed by atoms with Gasteiger partial charge in [-0.05, 0) is 53.6 Å². The number of hydrogen-bond acceptors (Lipinski definition) is 5. The molecule has 29 heavy (non-hydrogen) atoms. The van der Waals surface area contributed by atoms with Crippen molar-refractivity contribution in [3.05, 3.63) is 54.1 Å². The third-order valence-corrected chi connectivity index (χ3v) is 4.41. The van der Waals surface area contributed by atoms with E-state index in [-0.39, 0.29) is 12.3 Å². The number of carbonyl (C=O) groups excluding carboxylic acids is 1. The fourth-order valence-corrected chi connectivity index (χ4v) is 2.86. The fraction of sp³-hybridized carbons (Fsp3) is 0.263. The largest absolute Gasteiger partial charge is 0.434 e. The van der Waals surface area contributed by atoms with Gasteiger partial charge >= 0.3 is 12.6 Å². The minimum absolute atomic E-state index is 0.0283. The van der Waals surface area contributed by atoms with Crippen LogP contribution in [0.25, 0.3) is 11.4 Å². The third kappa shape index (κ3) is 4.65. The molecule has 1 aliphatic carbocycles. The number of nitrogens with zero attached hydrogens (tertiary/aromatic N) is 4. The molecule has 1 heterocycles. The van der Waals surface area contributed by atoms with Crippen molar-refractivity contribution in [3.8, 4) is 17.1 Å². The SMILES string of the molecule is O=C(NCc1ccccc1OC(F)F)Nc1ccc(-c2nnnn2C2CC2)cc1. The summed E-state index contributed by atoms with van der Waals surface area (Å²) in [5.41, 5.74) is 1.88. The van der Waals surface area contributed by atoms with Crippen LogP contribution in [0.4, 0.5) is 19.3 Å². The molecule has 8 nitrogen and oxygen atoms in total. The highest BCUT2D eigenvalue weighted by Gasteiger charge is 2.28. The van der Waals surface area contributed by atoms with Crippen LogP contribution in [-0.2, 0) is 6.54 Å². The molecule has 10 heteroatoms. The predicted molar refractivity (Wildman–Crippen MR) is 100 cm³/mol. The fourth-order valence-electron chi connectivity index (χ4n) is 2.86. The van der Waals surface area contributed by atoms with E-state index in [2.05, 4.69) is 30.9 Å². The summed E-state index contributed by atoms with van der Waals surface area (Å²) in [6, 6.07) is 13.3. The summed E-state index contributed by atoms with van der Waals surface area (Å²) >= 11 is 0. The van der Waals surface area contributed by atoms with Gasteiger partial charge in [-0.1, -0.05) is 18.2 Å². The Morgan fingerprint density at radius 3 is 2.66 bits per heavy atom. The lowest BCUT2D eigenvalue weighted by molar-refractivity contribution is -0.0504. The molecule has 2 N–H and O–H groups in total. The second kappa shape index (κ2) is 8.21. The molecule has 0 atom stereocenters. The van der Waals surface area contributed by atoms with Gasteiger partial charge in [0.1, 0.15) is 5.75 Å². The van der Waals surface area contributed by atoms with E-state index >= 15 is 0 Å². The smallest absolute Gasteiger partial charge is 0.387 e. The van der Waals surface area contributed by atoms with Crippen LogP contribution in [0.15, 0.2) is 48.5 Å². The van der Waals surface area contributed by atoms with Gasteiger partial charge in [-0.15, -0.1) is 5.10 Å². The van der Waals surface area contributed by atoms with E-state index in [1.54, 1.807) is 30.3 Å². The standard InChI is InChI=1S/C19H18F2N6O2/c20-18(21)29-16-4-2-1-3-13(16)11-22-19(28)23-14-7-5-12(6-8-14)17-24-25-26-27(17)15-9-10-15/h1-8,15,18H,9-11H2,(H2,22,23,28). The van der Waals surface area contributed by atoms with E-state index in [1.165, 1.54) is 6.07 Å². The van der Waals surface area contributed by atoms with Gasteiger partial charge in [0, 0.05) is 23.4 Å². The summed E-state index contributed by atoms with van der Waals surface area (Å²) in [7, 11) is 0. The summed E-state index contributed by atoms with van der Waals surface area (Å²) < 4.78 is 31.2. The molecule has 0 unspecified atom stereocenters. The molecule has 1 aliphatic rings. The predicted octanol–water partition coefficient (Wildman–Crippen LogP) is 3.60. The number of alkyl halides is 2. The monoisotopic (exact) mass is 400 g/mol. The maximum Gasteiger partial charge on any atom is 0.387 e. The van der Waals surface area contributed by atoms with Gasteiger partial charge in [0.25, 0.3) is 0 Å². The summed E-state index contributed by atoms with van der Waals surface area (Å²) in [5, 5.41) is 17.1. The molecular weight excluding hydrogens is 382 g/mol. The van der Waals surface area contributed by atoms with Crippen LogP contribution in [0.3, 0.4) is 0 Å². The van der Waals surface area contributed by atoms with Crippen LogP contribution in [0.2, 0.25) is 0 Å². The normalized spacial score (nSPS) is 13.3. The number of urea groups is 1. The van der Waals surface area contributed by atoms with Crippen molar-refractivity contribution >= 4 is 11.7 Å². The molecule has 1 aromatic heterocycles. The van der Waals surface area contributed by atoms with Gasteiger partial charge < -0.3 is 15.4 Å². The first-order chi connectivity index (χ1) is 14.1. The average molecular weight is 400 g/mol. The Hall–Kier alpha value is -3.56. The van der Waals surface area contributed by atoms with Crippen molar-refractivity contribution in [1.82, 2.24) is 25.5 Å². The second-order valence-corrected chi connectivity index (χ2v) is 6.55. The molecule has 0 aliphatic heterocycles. The number of halogens is 2. The van der Waals surface area contributed by atoms with Crippen LogP contribution in [0.1, 0.15) is 24.4 Å². The van der Waals surface area contributed by atoms with E-state index < -0.39 is 12.6 Å². The van der Waals surface area contributed by atoms with Gasteiger partial charge in [0.15, 0.2) is 5.82 Å². The number of carbonyl (C=O) groups is 1. The van der Waals surface area contributed by atoms with Gasteiger partial charge in [0.05, 0.1) is 6.04 Å². The first kappa shape index (κ1) is 18.8. The lowest BCUT2D eigenvalue weighted by Crippen LogP contribution is -2.28. The van der Waals surface area contributed by atoms with Crippen molar-refractivity contribution in [2.75, 3.05) is 5.32 Å². The zero-order valence-electron chi connectivity index (χ0n) is 15.3. The van der Waals surface area contributed by atoms with Crippen molar-refractivity contribution in [2.24, 2.45) is 0 Å². The topological polar surface area (TPSA) is 94.0 Å². The summed E-state index contributed by atoms with van der Waals surface area (Å²) in [4.78, 5) is 12.1. The quantitative estimate of drug-likeness (QED) is 0.632. The van der Waals surface area contributed by atoms with Crippen molar-refractivity contribution in [1.29, 1.82) is 0 Å². The molecule has 1 fully saturated rings. The Balaban J connectivity index is 1.35. The van der Waals surface area contributed by atoms with Gasteiger partial charge in [-0.2, -0.15) is 8.78 Å². The van der Waals surface area contributed by atoms with Crippen LogP contribution in [0.5, 0.6) is 5.75 Å². The maximum atomic E-state index is 12.5. The van der Waals surface area contributed by atoms with Crippen molar-refractivity contribution in [3.63, 3.8) is 0 Å². The molecule has 3 aromatic rings. The molecule has 0 bridgehead atoms. The first-order valence-corrected chi connectivity index (χ1v) is 9.06. The van der Waals surface area contributed by atoms with Crippen LogP contribution >= 0.6 is 0 Å². The Labute approximate surface area is 164 Å². The Morgan fingerprint density at radius 1 is 1.17 bits per heavy atom. The van der Waals surface area contributed by atoms with Crippen LogP contribution in [0, 0.1) is 0 Å². The minimum atomic E-state index is -2.93. The van der Waals surface area contributed by atoms with Gasteiger partial charge in [-0.3, -0.25) is 0 Å². The van der Waals surface area contributed by atoms with E-state index in [0.717, 1.165) is 18.4 Å². The summed E-state index contributed by atoms with van der Waals surface area (Å²) in [5.74, 6) is 0.722. The molecule has 1 saturated carbocycles. The minimum Gasteiger partial charge on any atom is -0.434 e. The molecule has 150 valence electrons. The number of para-hydroxylation sites is 1. The summed E-state index contributed by atoms with van der Waals surface area (Å²) in [6.07, 6.45) is 2.15. The van der Waals surface area contributed by atoms with E-state index in [0.29, 0.717) is 23.1 Å². The molecule has 0 spiro atoms. The highest BCUT2D eigenvalue weighted by Crippen LogP contribution is 2.36. The van der Waals surface area contributed by atoms with Gasteiger partial charge in [0.2, 0.25) is 0 Å². The zero-order valence-corrected chi connectivity index (χ0v) is 15.3. The Morgan fingerprint density at radius 2 is 1.93 bits per heavy atom. The molecule has 2 aromatic carbocycles. The number of amides is 2. The number of nitrogens with one attached hydrogen (secondary N) is 2. The van der Waals surface area contributed by atoms with E-state index in [9.17, 15) is 13.6 Å².